The van der Waals surface area contributed by atoms with Gasteiger partial charge in [0.2, 0.25) is 11.9 Å². The smallest absolute Gasteiger partial charge is 0.323 e. The van der Waals surface area contributed by atoms with E-state index < -0.39 is 0 Å². The summed E-state index contributed by atoms with van der Waals surface area (Å²) in [6.45, 7) is 4.66. The van der Waals surface area contributed by atoms with Crippen LogP contribution in [0.15, 0.2) is 16.8 Å². The van der Waals surface area contributed by atoms with E-state index in [-0.39, 0.29) is 12.1 Å². The summed E-state index contributed by atoms with van der Waals surface area (Å²) in [5.74, 6) is 0.804. The van der Waals surface area contributed by atoms with Crippen LogP contribution in [0.25, 0.3) is 0 Å². The minimum absolute atomic E-state index is 0.00546. The summed E-state index contributed by atoms with van der Waals surface area (Å²) in [6, 6.07) is 2.90. The van der Waals surface area contributed by atoms with Crippen LogP contribution in [-0.4, -0.2) is 27.1 Å². The molecular weight excluding hydrogens is 286 g/mol. The third-order valence-electron chi connectivity index (χ3n) is 3.14. The lowest BCUT2D eigenvalue weighted by Gasteiger charge is -2.22. The van der Waals surface area contributed by atoms with Crippen LogP contribution in [0.3, 0.4) is 0 Å². The maximum atomic E-state index is 5.80. The fourth-order valence-electron chi connectivity index (χ4n) is 2.08. The number of anilines is 2. The predicted molar refractivity (Wildman–Crippen MR) is 83.5 cm³/mol. The molecule has 21 heavy (non-hydrogen) atoms. The first-order valence-corrected chi connectivity index (χ1v) is 8.02. The zero-order valence-corrected chi connectivity index (χ0v) is 13.0. The first kappa shape index (κ1) is 14.1. The summed E-state index contributed by atoms with van der Waals surface area (Å²) >= 11 is 1.69. The van der Waals surface area contributed by atoms with Crippen LogP contribution in [0.5, 0.6) is 6.01 Å². The van der Waals surface area contributed by atoms with Crippen LogP contribution < -0.4 is 15.4 Å². The van der Waals surface area contributed by atoms with Gasteiger partial charge in [-0.05, 0) is 49.1 Å². The highest BCUT2D eigenvalue weighted by Gasteiger charge is 2.31. The third kappa shape index (κ3) is 3.60. The molecule has 2 heterocycles. The number of ether oxygens (including phenoxy) is 1. The molecule has 0 bridgehead atoms. The molecule has 0 atom stereocenters. The van der Waals surface area contributed by atoms with Gasteiger partial charge in [0.1, 0.15) is 0 Å². The molecule has 0 aromatic carbocycles. The van der Waals surface area contributed by atoms with Crippen LogP contribution in [0, 0.1) is 0 Å². The van der Waals surface area contributed by atoms with Crippen molar-refractivity contribution in [3.8, 4) is 6.01 Å². The van der Waals surface area contributed by atoms with E-state index in [4.69, 9.17) is 10.5 Å². The lowest BCUT2D eigenvalue weighted by Crippen LogP contribution is -2.27. The fraction of sp³-hybridized carbons (Fsp3) is 0.500. The maximum Gasteiger partial charge on any atom is 0.323 e. The van der Waals surface area contributed by atoms with E-state index in [1.165, 1.54) is 5.56 Å². The van der Waals surface area contributed by atoms with E-state index in [2.05, 4.69) is 36.7 Å². The Hall–Kier alpha value is -1.89. The SMILES string of the molecule is CC(C)Oc1nc(N)nc(N(Cc2ccsc2)C2CC2)n1. The summed E-state index contributed by atoms with van der Waals surface area (Å²) < 4.78 is 5.55. The second-order valence-corrected chi connectivity index (χ2v) is 6.21. The summed E-state index contributed by atoms with van der Waals surface area (Å²) in [4.78, 5) is 14.9. The van der Waals surface area contributed by atoms with Gasteiger partial charge in [-0.25, -0.2) is 0 Å². The largest absolute Gasteiger partial charge is 0.461 e. The topological polar surface area (TPSA) is 77.2 Å². The Kier molecular flexibility index (Phi) is 3.92. The van der Waals surface area contributed by atoms with Crippen LogP contribution in [0.1, 0.15) is 32.3 Å². The normalized spacial score (nSPS) is 14.4. The zero-order valence-electron chi connectivity index (χ0n) is 12.2. The van der Waals surface area contributed by atoms with Gasteiger partial charge in [0.25, 0.3) is 0 Å². The van der Waals surface area contributed by atoms with Crippen LogP contribution in [0.4, 0.5) is 11.9 Å². The maximum absolute atomic E-state index is 5.80. The van der Waals surface area contributed by atoms with Gasteiger partial charge < -0.3 is 15.4 Å². The Balaban J connectivity index is 1.86. The molecule has 0 spiro atoms. The standard InChI is InChI=1S/C14H19N5OS/c1-9(2)20-14-17-12(15)16-13(18-14)19(11-3-4-11)7-10-5-6-21-8-10/h5-6,8-9,11H,3-4,7H2,1-2H3,(H2,15,16,17,18). The van der Waals surface area contributed by atoms with Gasteiger partial charge >= 0.3 is 6.01 Å². The number of nitrogens with zero attached hydrogens (tertiary/aromatic N) is 4. The van der Waals surface area contributed by atoms with Gasteiger partial charge in [-0.2, -0.15) is 26.3 Å². The Morgan fingerprint density at radius 2 is 2.19 bits per heavy atom. The number of aromatic nitrogens is 3. The van der Waals surface area contributed by atoms with E-state index in [1.807, 2.05) is 13.8 Å². The van der Waals surface area contributed by atoms with Crippen molar-refractivity contribution < 1.29 is 4.74 Å². The molecule has 0 radical (unpaired) electrons. The minimum atomic E-state index is 0.00546. The zero-order chi connectivity index (χ0) is 14.8. The average molecular weight is 305 g/mol. The first-order valence-electron chi connectivity index (χ1n) is 7.08. The van der Waals surface area contributed by atoms with Crippen LogP contribution >= 0.6 is 11.3 Å². The number of thiophene rings is 1. The van der Waals surface area contributed by atoms with Crippen molar-refractivity contribution in [2.75, 3.05) is 10.6 Å². The van der Waals surface area contributed by atoms with E-state index >= 15 is 0 Å². The highest BCUT2D eigenvalue weighted by molar-refractivity contribution is 7.07. The molecule has 0 aliphatic heterocycles. The highest BCUT2D eigenvalue weighted by atomic mass is 32.1. The van der Waals surface area contributed by atoms with Crippen molar-refractivity contribution >= 4 is 23.2 Å². The molecule has 2 aromatic heterocycles. The molecule has 0 saturated heterocycles. The Bertz CT molecular complexity index is 597. The Morgan fingerprint density at radius 3 is 2.81 bits per heavy atom. The van der Waals surface area contributed by atoms with E-state index in [9.17, 15) is 0 Å². The monoisotopic (exact) mass is 305 g/mol. The van der Waals surface area contributed by atoms with E-state index in [0.29, 0.717) is 18.0 Å². The van der Waals surface area contributed by atoms with E-state index in [1.54, 1.807) is 11.3 Å². The van der Waals surface area contributed by atoms with Gasteiger partial charge in [0.15, 0.2) is 0 Å². The van der Waals surface area contributed by atoms with Crippen molar-refractivity contribution in [3.05, 3.63) is 22.4 Å². The number of hydrogen-bond donors (Lipinski definition) is 1. The van der Waals surface area contributed by atoms with Gasteiger partial charge in [0, 0.05) is 12.6 Å². The third-order valence-corrected chi connectivity index (χ3v) is 3.87. The van der Waals surface area contributed by atoms with Crippen LogP contribution in [-0.2, 0) is 6.54 Å². The second kappa shape index (κ2) is 5.85. The van der Waals surface area contributed by atoms with Crippen molar-refractivity contribution in [1.82, 2.24) is 15.0 Å². The molecule has 1 saturated carbocycles. The number of nitrogen functional groups attached to an aromatic ring is 1. The molecule has 1 fully saturated rings. The molecule has 2 aromatic rings. The fourth-order valence-corrected chi connectivity index (χ4v) is 2.74. The van der Waals surface area contributed by atoms with Gasteiger partial charge in [-0.3, -0.25) is 0 Å². The van der Waals surface area contributed by atoms with Crippen LogP contribution in [0.2, 0.25) is 0 Å². The molecule has 3 rings (SSSR count). The molecule has 1 aliphatic rings. The minimum Gasteiger partial charge on any atom is -0.461 e. The summed E-state index contributed by atoms with van der Waals surface area (Å²) in [7, 11) is 0. The quantitative estimate of drug-likeness (QED) is 0.883. The van der Waals surface area contributed by atoms with Gasteiger partial charge in [-0.15, -0.1) is 0 Å². The lowest BCUT2D eigenvalue weighted by atomic mass is 10.3. The molecular formula is C14H19N5OS. The lowest BCUT2D eigenvalue weighted by molar-refractivity contribution is 0.222. The number of nitrogens with two attached hydrogens (primary N) is 1. The average Bonchev–Trinajstić information content (AvgIpc) is 3.11. The molecule has 0 amide bonds. The van der Waals surface area contributed by atoms with E-state index in [0.717, 1.165) is 19.4 Å². The van der Waals surface area contributed by atoms with Gasteiger partial charge in [0.05, 0.1) is 6.10 Å². The molecule has 6 nitrogen and oxygen atoms in total. The Labute approximate surface area is 128 Å². The molecule has 7 heteroatoms. The number of hydrogen-bond acceptors (Lipinski definition) is 7. The van der Waals surface area contributed by atoms with Crippen molar-refractivity contribution in [2.24, 2.45) is 0 Å². The second-order valence-electron chi connectivity index (χ2n) is 5.43. The molecule has 0 unspecified atom stereocenters. The summed E-state index contributed by atoms with van der Waals surface area (Å²) in [6.07, 6.45) is 2.33. The predicted octanol–water partition coefficient (Wildman–Crippen LogP) is 2.47. The molecule has 2 N–H and O–H groups in total. The van der Waals surface area contributed by atoms with Crippen molar-refractivity contribution in [1.29, 1.82) is 0 Å². The highest BCUT2D eigenvalue weighted by Crippen LogP contribution is 2.32. The van der Waals surface area contributed by atoms with Crippen molar-refractivity contribution in [2.45, 2.75) is 45.4 Å². The van der Waals surface area contributed by atoms with Crippen molar-refractivity contribution in [3.63, 3.8) is 0 Å². The molecule has 112 valence electrons. The summed E-state index contributed by atoms with van der Waals surface area (Å²) in [5.41, 5.74) is 7.06. The summed E-state index contributed by atoms with van der Waals surface area (Å²) in [5, 5.41) is 4.22. The number of rotatable bonds is 6. The van der Waals surface area contributed by atoms with Gasteiger partial charge in [-0.1, -0.05) is 0 Å². The first-order chi connectivity index (χ1) is 10.1. The molecule has 1 aliphatic carbocycles. The Morgan fingerprint density at radius 1 is 1.38 bits per heavy atom.